The van der Waals surface area contributed by atoms with Crippen LogP contribution in [0.25, 0.3) is 0 Å². The van der Waals surface area contributed by atoms with Crippen LogP contribution in [-0.2, 0) is 29.0 Å². The number of para-hydroxylation sites is 1. The Labute approximate surface area is 258 Å². The minimum atomic E-state index is -1.75. The number of aromatic nitrogens is 1. The monoisotopic (exact) mass is 655 g/mol. The van der Waals surface area contributed by atoms with Crippen LogP contribution < -0.4 is 14.8 Å². The number of aryl methyl sites for hydroxylation is 1. The SMILES string of the molecule is CCC[n+]1cc(Br)cc(C(=O)N(CCC(=O)NCCOC(=O)N2CCc3ccccc3C2)c2ccccc2)c1.O=[N+]([O-])[O-]. The third kappa shape index (κ3) is 10.7. The molecule has 0 fully saturated rings. The fourth-order valence-corrected chi connectivity index (χ4v) is 5.10. The summed E-state index contributed by atoms with van der Waals surface area (Å²) in [5.74, 6) is -0.404. The lowest BCUT2D eigenvalue weighted by molar-refractivity contribution is -0.697. The van der Waals surface area contributed by atoms with Crippen LogP contribution in [0.3, 0.4) is 0 Å². The molecule has 0 spiro atoms. The van der Waals surface area contributed by atoms with Gasteiger partial charge in [-0.15, -0.1) is 0 Å². The third-order valence-corrected chi connectivity index (χ3v) is 6.96. The van der Waals surface area contributed by atoms with Gasteiger partial charge in [-0.25, -0.2) is 9.36 Å². The molecule has 1 aliphatic heterocycles. The van der Waals surface area contributed by atoms with Crippen LogP contribution >= 0.6 is 15.9 Å². The van der Waals surface area contributed by atoms with Gasteiger partial charge in [0.25, 0.3) is 5.91 Å². The van der Waals surface area contributed by atoms with E-state index in [1.807, 2.05) is 65.5 Å². The molecule has 12 nitrogen and oxygen atoms in total. The van der Waals surface area contributed by atoms with Gasteiger partial charge in [-0.3, -0.25) is 9.59 Å². The van der Waals surface area contributed by atoms with Crippen molar-refractivity contribution in [1.29, 1.82) is 0 Å². The number of carbonyl (C=O) groups excluding carboxylic acids is 3. The highest BCUT2D eigenvalue weighted by atomic mass is 79.9. The highest BCUT2D eigenvalue weighted by molar-refractivity contribution is 9.10. The molecule has 3 aromatic rings. The first-order valence-electron chi connectivity index (χ1n) is 13.8. The topological polar surface area (TPSA) is 149 Å². The van der Waals surface area contributed by atoms with Gasteiger partial charge in [0.2, 0.25) is 5.91 Å². The van der Waals surface area contributed by atoms with Crippen LogP contribution in [0.1, 0.15) is 41.3 Å². The fraction of sp³-hybridized carbons (Fsp3) is 0.333. The van der Waals surface area contributed by atoms with Crippen LogP contribution in [0.4, 0.5) is 10.5 Å². The number of benzene rings is 2. The molecule has 1 aliphatic rings. The van der Waals surface area contributed by atoms with Crippen molar-refractivity contribution >= 4 is 39.5 Å². The van der Waals surface area contributed by atoms with E-state index in [-0.39, 0.29) is 44.0 Å². The molecule has 3 amide bonds. The average molecular weight is 657 g/mol. The van der Waals surface area contributed by atoms with Gasteiger partial charge >= 0.3 is 6.09 Å². The van der Waals surface area contributed by atoms with Crippen molar-refractivity contribution in [2.45, 2.75) is 39.3 Å². The lowest BCUT2D eigenvalue weighted by Crippen LogP contribution is -2.39. The molecule has 13 heteroatoms. The maximum absolute atomic E-state index is 13.5. The standard InChI is InChI=1S/C30H33BrN4O4.NO3/c1-2-15-33-20-25(19-26(31)22-33)29(37)35(27-10-4-3-5-11-27)17-13-28(36)32-14-18-39-30(38)34-16-12-23-8-6-7-9-24(23)21-34;2-1(3)4/h3-11,19-20,22H,2,12-18,21H2,1H3;/q;-1/p+1. The number of pyridine rings is 1. The summed E-state index contributed by atoms with van der Waals surface area (Å²) in [6, 6.07) is 19.2. The van der Waals surface area contributed by atoms with Crippen LogP contribution in [0.5, 0.6) is 0 Å². The largest absolute Gasteiger partial charge is 0.448 e. The molecule has 0 aliphatic carbocycles. The number of rotatable bonds is 10. The van der Waals surface area contributed by atoms with Crippen molar-refractivity contribution < 1.29 is 28.8 Å². The van der Waals surface area contributed by atoms with E-state index in [4.69, 9.17) is 20.1 Å². The molecule has 0 atom stereocenters. The zero-order valence-electron chi connectivity index (χ0n) is 23.8. The van der Waals surface area contributed by atoms with Crippen LogP contribution in [0.2, 0.25) is 0 Å². The van der Waals surface area contributed by atoms with Gasteiger partial charge in [0.05, 0.1) is 16.1 Å². The predicted molar refractivity (Wildman–Crippen MR) is 163 cm³/mol. The summed E-state index contributed by atoms with van der Waals surface area (Å²) < 4.78 is 8.18. The van der Waals surface area contributed by atoms with E-state index in [2.05, 4.69) is 34.2 Å². The van der Waals surface area contributed by atoms with Crippen molar-refractivity contribution in [2.75, 3.05) is 31.1 Å². The summed E-state index contributed by atoms with van der Waals surface area (Å²) in [6.45, 7) is 4.52. The van der Waals surface area contributed by atoms with Gasteiger partial charge in [0, 0.05) is 38.2 Å². The highest BCUT2D eigenvalue weighted by Crippen LogP contribution is 2.20. The molecule has 0 bridgehead atoms. The average Bonchev–Trinajstić information content (AvgIpc) is 2.99. The second-order valence-electron chi connectivity index (χ2n) is 9.65. The zero-order valence-corrected chi connectivity index (χ0v) is 25.4. The first-order valence-corrected chi connectivity index (χ1v) is 14.6. The van der Waals surface area contributed by atoms with Gasteiger partial charge in [-0.2, -0.15) is 0 Å². The molecule has 0 saturated heterocycles. The molecule has 2 aromatic carbocycles. The normalized spacial score (nSPS) is 11.8. The number of fused-ring (bicyclic) bond motifs is 1. The van der Waals surface area contributed by atoms with E-state index in [0.717, 1.165) is 29.4 Å². The Morgan fingerprint density at radius 2 is 1.74 bits per heavy atom. The first kappa shape index (κ1) is 33.0. The Morgan fingerprint density at radius 3 is 2.44 bits per heavy atom. The summed E-state index contributed by atoms with van der Waals surface area (Å²) in [5.41, 5.74) is 3.65. The molecule has 1 aromatic heterocycles. The Balaban J connectivity index is 0.00000119. The van der Waals surface area contributed by atoms with Crippen molar-refractivity contribution in [1.82, 2.24) is 10.2 Å². The summed E-state index contributed by atoms with van der Waals surface area (Å²) in [4.78, 5) is 50.1. The van der Waals surface area contributed by atoms with Crippen LogP contribution in [0.15, 0.2) is 77.5 Å². The van der Waals surface area contributed by atoms with Crippen LogP contribution in [0, 0.1) is 15.3 Å². The number of ether oxygens (including phenoxy) is 1. The number of amides is 3. The van der Waals surface area contributed by atoms with Crippen molar-refractivity contribution in [3.63, 3.8) is 0 Å². The Hall–Kier alpha value is -4.52. The summed E-state index contributed by atoms with van der Waals surface area (Å²) >= 11 is 3.50. The number of anilines is 1. The number of nitrogens with zero attached hydrogens (tertiary/aromatic N) is 4. The molecule has 0 radical (unpaired) electrons. The first-order chi connectivity index (χ1) is 20.7. The maximum atomic E-state index is 13.5. The van der Waals surface area contributed by atoms with Gasteiger partial charge in [-0.1, -0.05) is 49.4 Å². The molecule has 4 rings (SSSR count). The lowest BCUT2D eigenvalue weighted by Gasteiger charge is -2.28. The van der Waals surface area contributed by atoms with E-state index in [1.54, 1.807) is 15.9 Å². The van der Waals surface area contributed by atoms with Gasteiger partial charge in [0.1, 0.15) is 18.7 Å². The molecule has 0 unspecified atom stereocenters. The van der Waals surface area contributed by atoms with Gasteiger partial charge in [-0.05, 0) is 51.7 Å². The molecule has 228 valence electrons. The van der Waals surface area contributed by atoms with E-state index < -0.39 is 5.09 Å². The van der Waals surface area contributed by atoms with E-state index in [0.29, 0.717) is 24.3 Å². The second kappa shape index (κ2) is 16.8. The lowest BCUT2D eigenvalue weighted by atomic mass is 10.0. The van der Waals surface area contributed by atoms with E-state index >= 15 is 0 Å². The minimum absolute atomic E-state index is 0.0829. The smallest absolute Gasteiger partial charge is 0.410 e. The van der Waals surface area contributed by atoms with E-state index in [1.165, 1.54) is 5.56 Å². The zero-order chi connectivity index (χ0) is 31.2. The summed E-state index contributed by atoms with van der Waals surface area (Å²) in [7, 11) is 0. The van der Waals surface area contributed by atoms with E-state index in [9.17, 15) is 14.4 Å². The highest BCUT2D eigenvalue weighted by Gasteiger charge is 2.23. The molecule has 2 heterocycles. The Kier molecular flexibility index (Phi) is 12.9. The molecule has 0 saturated carbocycles. The number of halogens is 1. The maximum Gasteiger partial charge on any atom is 0.410 e. The number of hydrogen-bond donors (Lipinski definition) is 1. The number of hydrogen-bond acceptors (Lipinski definition) is 7. The van der Waals surface area contributed by atoms with Gasteiger partial charge < -0.3 is 35.2 Å². The number of nitrogens with one attached hydrogen (secondary N) is 1. The summed E-state index contributed by atoms with van der Waals surface area (Å²) in [5, 5.41) is 17.5. The van der Waals surface area contributed by atoms with Crippen molar-refractivity contribution in [2.24, 2.45) is 0 Å². The van der Waals surface area contributed by atoms with Crippen LogP contribution in [-0.4, -0.2) is 54.1 Å². The fourth-order valence-electron chi connectivity index (χ4n) is 4.59. The number of carbonyl (C=O) groups is 3. The Bertz CT molecular complexity index is 1400. The van der Waals surface area contributed by atoms with Crippen molar-refractivity contribution in [3.05, 3.63) is 110 Å². The minimum Gasteiger partial charge on any atom is -0.448 e. The molecule has 43 heavy (non-hydrogen) atoms. The third-order valence-electron chi connectivity index (χ3n) is 6.53. The van der Waals surface area contributed by atoms with Crippen molar-refractivity contribution in [3.8, 4) is 0 Å². The molecule has 1 N–H and O–H groups in total. The Morgan fingerprint density at radius 1 is 1.07 bits per heavy atom. The quantitative estimate of drug-likeness (QED) is 0.148. The molecular formula is C30H34BrN5O7. The molecular weight excluding hydrogens is 622 g/mol. The second-order valence-corrected chi connectivity index (χ2v) is 10.6. The summed E-state index contributed by atoms with van der Waals surface area (Å²) in [6.07, 6.45) is 5.25. The van der Waals surface area contributed by atoms with Gasteiger partial charge in [0.15, 0.2) is 12.4 Å². The predicted octanol–water partition coefficient (Wildman–Crippen LogP) is 4.26.